The molecule has 0 bridgehead atoms. The monoisotopic (exact) mass is 848 g/mol. The molecule has 7 unspecified atom stereocenters. The predicted octanol–water partition coefficient (Wildman–Crippen LogP) is 8.94. The lowest BCUT2D eigenvalue weighted by Gasteiger charge is -2.41. The fourth-order valence-electron chi connectivity index (χ4n) is 7.33. The number of ether oxygens (including phenoxy) is 2. The zero-order valence-electron chi connectivity index (χ0n) is 36.4. The second kappa shape index (κ2) is 36.3. The van der Waals surface area contributed by atoms with Crippen LogP contribution in [0.1, 0.15) is 200 Å². The molecule has 1 aliphatic rings. The lowest BCUT2D eigenvalue weighted by Crippen LogP contribution is -2.61. The number of aliphatic hydroxyl groups is 4. The Balaban J connectivity index is 2.49. The van der Waals surface area contributed by atoms with E-state index in [1.54, 1.807) is 6.08 Å². The van der Waals surface area contributed by atoms with E-state index in [1.165, 1.54) is 128 Å². The zero-order valence-corrected chi connectivity index (χ0v) is 37.2. The highest BCUT2D eigenvalue weighted by atomic mass is 32.3. The molecule has 1 aliphatic heterocycles. The summed E-state index contributed by atoms with van der Waals surface area (Å²) in [5.41, 5.74) is 0. The van der Waals surface area contributed by atoms with Crippen LogP contribution in [0.25, 0.3) is 0 Å². The van der Waals surface area contributed by atoms with Crippen LogP contribution in [0.15, 0.2) is 24.3 Å². The van der Waals surface area contributed by atoms with Gasteiger partial charge in [-0.25, -0.2) is 4.18 Å². The highest BCUT2D eigenvalue weighted by Crippen LogP contribution is 2.26. The molecule has 1 fully saturated rings. The summed E-state index contributed by atoms with van der Waals surface area (Å²) in [4.78, 5) is 13.0. The number of carbonyl (C=O) groups is 1. The maximum Gasteiger partial charge on any atom is 0.397 e. The summed E-state index contributed by atoms with van der Waals surface area (Å²) < 4.78 is 47.5. The third kappa shape index (κ3) is 28.9. The van der Waals surface area contributed by atoms with Crippen molar-refractivity contribution >= 4 is 16.3 Å². The van der Waals surface area contributed by atoms with Gasteiger partial charge >= 0.3 is 10.4 Å². The van der Waals surface area contributed by atoms with E-state index in [9.17, 15) is 33.6 Å². The van der Waals surface area contributed by atoms with E-state index in [2.05, 4.69) is 35.5 Å². The highest BCUT2D eigenvalue weighted by Gasteiger charge is 2.48. The Bertz CT molecular complexity index is 1140. The third-order valence-corrected chi connectivity index (χ3v) is 11.4. The second-order valence-corrected chi connectivity index (χ2v) is 17.4. The lowest BCUT2D eigenvalue weighted by molar-refractivity contribution is -0.298. The van der Waals surface area contributed by atoms with Gasteiger partial charge in [-0.3, -0.25) is 9.35 Å². The van der Waals surface area contributed by atoms with Gasteiger partial charge in [0.25, 0.3) is 0 Å². The van der Waals surface area contributed by atoms with Crippen LogP contribution < -0.4 is 5.32 Å². The minimum absolute atomic E-state index is 0.265. The molecule has 1 saturated heterocycles. The molecule has 58 heavy (non-hydrogen) atoms. The quantitative estimate of drug-likeness (QED) is 0.0197. The Labute approximate surface area is 352 Å². The molecule has 0 aromatic rings. The molecule has 0 radical (unpaired) electrons. The molecule has 6 N–H and O–H groups in total. The van der Waals surface area contributed by atoms with Crippen LogP contribution in [0.4, 0.5) is 0 Å². The number of aliphatic hydroxyl groups excluding tert-OH is 4. The first-order valence-corrected chi connectivity index (χ1v) is 24.6. The number of allylic oxidation sites excluding steroid dienone is 3. The molecule has 0 aliphatic carbocycles. The fraction of sp³-hybridized carbons (Fsp3) is 0.889. The number of nitrogens with one attached hydrogen (secondary N) is 1. The van der Waals surface area contributed by atoms with Crippen molar-refractivity contribution in [2.75, 3.05) is 13.2 Å². The minimum Gasteiger partial charge on any atom is -0.394 e. The minimum atomic E-state index is -5.08. The predicted molar refractivity (Wildman–Crippen MR) is 232 cm³/mol. The van der Waals surface area contributed by atoms with Crippen molar-refractivity contribution in [2.24, 2.45) is 0 Å². The van der Waals surface area contributed by atoms with Crippen molar-refractivity contribution in [2.45, 2.75) is 243 Å². The topological polar surface area (TPSA) is 192 Å². The summed E-state index contributed by atoms with van der Waals surface area (Å²) in [7, 11) is -5.08. The number of hydrogen-bond acceptors (Lipinski definition) is 10. The molecule has 13 heteroatoms. The summed E-state index contributed by atoms with van der Waals surface area (Å²) in [6, 6.07) is -0.943. The van der Waals surface area contributed by atoms with Gasteiger partial charge in [-0.2, -0.15) is 8.42 Å². The molecule has 0 spiro atoms. The normalized spacial score (nSPS) is 21.3. The van der Waals surface area contributed by atoms with Crippen molar-refractivity contribution in [3.05, 3.63) is 24.3 Å². The van der Waals surface area contributed by atoms with Gasteiger partial charge in [0.2, 0.25) is 5.91 Å². The first-order chi connectivity index (χ1) is 28.0. The molecule has 342 valence electrons. The molecule has 7 atom stereocenters. The van der Waals surface area contributed by atoms with E-state index in [-0.39, 0.29) is 18.9 Å². The van der Waals surface area contributed by atoms with Gasteiger partial charge in [0.1, 0.15) is 24.4 Å². The van der Waals surface area contributed by atoms with Crippen molar-refractivity contribution in [3.63, 3.8) is 0 Å². The molecular formula is C45H85NO11S. The number of hydrogen-bond donors (Lipinski definition) is 6. The van der Waals surface area contributed by atoms with E-state index in [1.807, 2.05) is 6.08 Å². The van der Waals surface area contributed by atoms with E-state index in [0.29, 0.717) is 6.42 Å². The van der Waals surface area contributed by atoms with Crippen LogP contribution in [-0.4, -0.2) is 95.4 Å². The smallest absolute Gasteiger partial charge is 0.394 e. The molecule has 12 nitrogen and oxygen atoms in total. The summed E-state index contributed by atoms with van der Waals surface area (Å²) in [6.45, 7) is 3.37. The first kappa shape index (κ1) is 54.6. The number of carbonyl (C=O) groups excluding carboxylic acids is 1. The summed E-state index contributed by atoms with van der Waals surface area (Å²) in [5, 5.41) is 44.6. The molecule has 0 saturated carbocycles. The van der Waals surface area contributed by atoms with E-state index < -0.39 is 59.9 Å². The first-order valence-electron chi connectivity index (χ1n) is 23.2. The third-order valence-electron chi connectivity index (χ3n) is 11.0. The molecular weight excluding hydrogens is 763 g/mol. The standard InChI is InChI=1S/C45H85NO11S/c1-3-5-7-9-11-13-15-17-18-19-20-21-22-23-25-27-29-31-33-35-41(49)46-38(39(48)34-32-30-28-26-24-16-14-12-10-8-6-4-2)37-55-45-43(51)44(57-58(52,53)54)42(50)40(36-47)56-45/h19-20,32,34,38-40,42-45,47-48,50-51H,3-18,21-31,33,35-37H2,1-2H3,(H,46,49)(H,52,53,54)/b20-19-,34-32+. The van der Waals surface area contributed by atoms with Gasteiger partial charge in [0.05, 0.1) is 25.4 Å². The van der Waals surface area contributed by atoms with Crippen LogP contribution in [0.2, 0.25) is 0 Å². The zero-order chi connectivity index (χ0) is 42.7. The number of rotatable bonds is 39. The van der Waals surface area contributed by atoms with Gasteiger partial charge < -0.3 is 35.2 Å². The largest absolute Gasteiger partial charge is 0.397 e. The second-order valence-electron chi connectivity index (χ2n) is 16.3. The van der Waals surface area contributed by atoms with Crippen LogP contribution in [0.5, 0.6) is 0 Å². The Hall–Kier alpha value is -1.42. The molecule has 0 aromatic heterocycles. The average molecular weight is 848 g/mol. The van der Waals surface area contributed by atoms with Crippen molar-refractivity contribution in [1.82, 2.24) is 5.32 Å². The van der Waals surface area contributed by atoms with Gasteiger partial charge in [0, 0.05) is 6.42 Å². The van der Waals surface area contributed by atoms with E-state index >= 15 is 0 Å². The molecule has 1 amide bonds. The average Bonchev–Trinajstić information content (AvgIpc) is 3.19. The van der Waals surface area contributed by atoms with Gasteiger partial charge in [-0.1, -0.05) is 173 Å². The van der Waals surface area contributed by atoms with Gasteiger partial charge in [-0.05, 0) is 44.9 Å². The molecule has 1 rings (SSSR count). The Kier molecular flexibility index (Phi) is 34.1. The van der Waals surface area contributed by atoms with Gasteiger partial charge in [0.15, 0.2) is 6.29 Å². The van der Waals surface area contributed by atoms with Crippen LogP contribution in [0.3, 0.4) is 0 Å². The van der Waals surface area contributed by atoms with Gasteiger partial charge in [-0.15, -0.1) is 0 Å². The summed E-state index contributed by atoms with van der Waals surface area (Å²) in [5.74, 6) is -0.268. The number of unbranched alkanes of at least 4 members (excludes halogenated alkanes) is 25. The van der Waals surface area contributed by atoms with Crippen LogP contribution in [-0.2, 0) is 28.9 Å². The SMILES string of the molecule is CCCCCCCCCC/C=C\CCCCCCCCCC(=O)NC(COC1OC(CO)C(O)C(OS(=O)(=O)O)C1O)C(O)/C=C/CCCCCCCCCCCC. The van der Waals surface area contributed by atoms with Crippen molar-refractivity contribution in [1.29, 1.82) is 0 Å². The van der Waals surface area contributed by atoms with E-state index in [4.69, 9.17) is 14.0 Å². The fourth-order valence-corrected chi connectivity index (χ4v) is 7.84. The maximum absolute atomic E-state index is 13.0. The van der Waals surface area contributed by atoms with E-state index in [0.717, 1.165) is 44.9 Å². The number of amides is 1. The van der Waals surface area contributed by atoms with Crippen molar-refractivity contribution < 1.29 is 51.8 Å². The highest BCUT2D eigenvalue weighted by molar-refractivity contribution is 7.80. The molecule has 0 aromatic carbocycles. The summed E-state index contributed by atoms with van der Waals surface area (Å²) in [6.07, 6.45) is 32.2. The Morgan fingerprint density at radius 3 is 1.55 bits per heavy atom. The maximum atomic E-state index is 13.0. The lowest BCUT2D eigenvalue weighted by atomic mass is 9.99. The Morgan fingerprint density at radius 1 is 0.672 bits per heavy atom. The molecule has 1 heterocycles. The van der Waals surface area contributed by atoms with Crippen LogP contribution in [0, 0.1) is 0 Å². The van der Waals surface area contributed by atoms with Crippen LogP contribution >= 0.6 is 0 Å². The Morgan fingerprint density at radius 2 is 1.10 bits per heavy atom. The van der Waals surface area contributed by atoms with Crippen molar-refractivity contribution in [3.8, 4) is 0 Å². The summed E-state index contributed by atoms with van der Waals surface area (Å²) >= 11 is 0.